The smallest absolute Gasteiger partial charge is 0.235 e. The summed E-state index contributed by atoms with van der Waals surface area (Å²) in [5.74, 6) is 1.50. The minimum Gasteiger partial charge on any atom is -0.483 e. The van der Waals surface area contributed by atoms with Crippen LogP contribution in [0.15, 0.2) is 29.4 Å². The maximum atomic E-state index is 12.6. The highest BCUT2D eigenvalue weighted by Gasteiger charge is 2.22. The molecule has 1 aromatic carbocycles. The molecule has 7 nitrogen and oxygen atoms in total. The average molecular weight is 482 g/mol. The van der Waals surface area contributed by atoms with Gasteiger partial charge in [0.2, 0.25) is 5.91 Å². The van der Waals surface area contributed by atoms with E-state index in [1.54, 1.807) is 11.3 Å². The molecule has 1 aliphatic rings. The van der Waals surface area contributed by atoms with Crippen molar-refractivity contribution in [2.24, 2.45) is 7.05 Å². The van der Waals surface area contributed by atoms with E-state index in [4.69, 9.17) is 4.74 Å². The molecule has 0 saturated carbocycles. The van der Waals surface area contributed by atoms with Crippen molar-refractivity contribution in [3.63, 3.8) is 0 Å². The summed E-state index contributed by atoms with van der Waals surface area (Å²) in [4.78, 5) is 13.9. The number of hydrogen-bond acceptors (Lipinski definition) is 7. The summed E-state index contributed by atoms with van der Waals surface area (Å²) >= 11 is 2.87. The fourth-order valence-electron chi connectivity index (χ4n) is 3.99. The Bertz CT molecular complexity index is 1190. The molecule has 1 aliphatic carbocycles. The fraction of sp³-hybridized carbons (Fsp3) is 0.417. The number of aryl methyl sites for hydroxylation is 2. The second-order valence-corrected chi connectivity index (χ2v) is 10.2. The van der Waals surface area contributed by atoms with Crippen LogP contribution in [0.5, 0.6) is 5.75 Å². The van der Waals surface area contributed by atoms with Gasteiger partial charge in [-0.15, -0.1) is 21.5 Å². The third kappa shape index (κ3) is 5.40. The Kier molecular flexibility index (Phi) is 7.36. The summed E-state index contributed by atoms with van der Waals surface area (Å²) in [5.41, 5.74) is 2.89. The van der Waals surface area contributed by atoms with Crippen LogP contribution >= 0.6 is 23.1 Å². The maximum absolute atomic E-state index is 12.6. The maximum Gasteiger partial charge on any atom is 0.235 e. The molecule has 0 radical (unpaired) electrons. The van der Waals surface area contributed by atoms with Gasteiger partial charge in [-0.05, 0) is 62.8 Å². The number of rotatable bonds is 7. The van der Waals surface area contributed by atoms with E-state index in [0.29, 0.717) is 21.5 Å². The second kappa shape index (κ2) is 10.4. The van der Waals surface area contributed by atoms with Gasteiger partial charge in [0.25, 0.3) is 0 Å². The second-order valence-electron chi connectivity index (χ2n) is 8.19. The number of amides is 1. The van der Waals surface area contributed by atoms with Gasteiger partial charge in [0.1, 0.15) is 16.8 Å². The van der Waals surface area contributed by atoms with Crippen LogP contribution < -0.4 is 10.1 Å². The van der Waals surface area contributed by atoms with Gasteiger partial charge in [0.05, 0.1) is 11.3 Å². The monoisotopic (exact) mass is 481 g/mol. The number of anilines is 1. The van der Waals surface area contributed by atoms with E-state index in [1.807, 2.05) is 49.7 Å². The van der Waals surface area contributed by atoms with Crippen molar-refractivity contribution in [3.05, 3.63) is 51.7 Å². The molecule has 1 N–H and O–H groups in total. The zero-order valence-electron chi connectivity index (χ0n) is 19.1. The summed E-state index contributed by atoms with van der Waals surface area (Å²) in [5, 5.41) is 22.4. The third-order valence-electron chi connectivity index (χ3n) is 5.65. The van der Waals surface area contributed by atoms with Crippen LogP contribution in [-0.2, 0) is 24.7 Å². The number of nitrogens with zero attached hydrogens (tertiary/aromatic N) is 4. The number of carbonyl (C=O) groups is 1. The Morgan fingerprint density at radius 1 is 1.33 bits per heavy atom. The molecule has 0 fully saturated rings. The van der Waals surface area contributed by atoms with Gasteiger partial charge in [-0.1, -0.05) is 30.3 Å². The van der Waals surface area contributed by atoms with E-state index in [1.165, 1.54) is 23.1 Å². The molecule has 0 spiro atoms. The number of nitrogens with one attached hydrogen (secondary N) is 1. The Morgan fingerprint density at radius 3 is 2.94 bits per heavy atom. The molecule has 33 heavy (non-hydrogen) atoms. The van der Waals surface area contributed by atoms with Gasteiger partial charge in [-0.3, -0.25) is 4.79 Å². The summed E-state index contributed by atoms with van der Waals surface area (Å²) in [6, 6.07) is 10.2. The standard InChI is InChI=1S/C24H27N5O2S2/c1-15-8-7-9-17(12-15)31-16(2)22-27-28-24(29(22)3)32-14-21(30)26-23-19(13-25)18-10-5-4-6-11-20(18)33-23/h7-9,12,16H,4-6,10-11,14H2,1-3H3,(H,26,30). The van der Waals surface area contributed by atoms with Gasteiger partial charge in [-0.2, -0.15) is 5.26 Å². The zero-order valence-corrected chi connectivity index (χ0v) is 20.7. The number of ether oxygens (including phenoxy) is 1. The zero-order chi connectivity index (χ0) is 23.4. The van der Waals surface area contributed by atoms with Crippen molar-refractivity contribution in [1.82, 2.24) is 14.8 Å². The summed E-state index contributed by atoms with van der Waals surface area (Å²) < 4.78 is 7.87. The van der Waals surface area contributed by atoms with E-state index in [2.05, 4.69) is 21.6 Å². The van der Waals surface area contributed by atoms with Gasteiger partial charge in [-0.25, -0.2) is 0 Å². The predicted octanol–water partition coefficient (Wildman–Crippen LogP) is 5.20. The predicted molar refractivity (Wildman–Crippen MR) is 131 cm³/mol. The number of fused-ring (bicyclic) bond motifs is 1. The van der Waals surface area contributed by atoms with Crippen molar-refractivity contribution in [2.45, 2.75) is 57.2 Å². The molecular weight excluding hydrogens is 454 g/mol. The first-order valence-electron chi connectivity index (χ1n) is 11.1. The minimum atomic E-state index is -0.285. The number of thioether (sulfide) groups is 1. The van der Waals surface area contributed by atoms with Crippen LogP contribution in [0, 0.1) is 18.3 Å². The van der Waals surface area contributed by atoms with Crippen LogP contribution in [0.1, 0.15) is 59.7 Å². The fourth-order valence-corrected chi connectivity index (χ4v) is 5.97. The largest absolute Gasteiger partial charge is 0.483 e. The Hall–Kier alpha value is -2.83. The topological polar surface area (TPSA) is 92.8 Å². The van der Waals surface area contributed by atoms with E-state index in [0.717, 1.165) is 42.6 Å². The van der Waals surface area contributed by atoms with E-state index in [9.17, 15) is 10.1 Å². The molecule has 172 valence electrons. The lowest BCUT2D eigenvalue weighted by Crippen LogP contribution is -2.15. The molecule has 2 heterocycles. The van der Waals surface area contributed by atoms with Crippen LogP contribution in [0.2, 0.25) is 0 Å². The number of nitriles is 1. The summed E-state index contributed by atoms with van der Waals surface area (Å²) in [7, 11) is 1.87. The molecule has 0 aliphatic heterocycles. The molecule has 4 rings (SSSR count). The molecule has 3 aromatic rings. The Morgan fingerprint density at radius 2 is 2.15 bits per heavy atom. The van der Waals surface area contributed by atoms with Crippen LogP contribution in [0.25, 0.3) is 0 Å². The highest BCUT2D eigenvalue weighted by atomic mass is 32.2. The van der Waals surface area contributed by atoms with Crippen molar-refractivity contribution < 1.29 is 9.53 Å². The van der Waals surface area contributed by atoms with Crippen molar-refractivity contribution in [2.75, 3.05) is 11.1 Å². The van der Waals surface area contributed by atoms with Crippen LogP contribution in [-0.4, -0.2) is 26.4 Å². The number of thiophene rings is 1. The SMILES string of the molecule is Cc1cccc(OC(C)c2nnc(SCC(=O)Nc3sc4c(c3C#N)CCCCC4)n2C)c1. The molecule has 0 saturated heterocycles. The molecule has 0 bridgehead atoms. The number of carbonyl (C=O) groups excluding carboxylic acids is 1. The number of aromatic nitrogens is 3. The number of benzene rings is 1. The highest BCUT2D eigenvalue weighted by Crippen LogP contribution is 2.37. The van der Waals surface area contributed by atoms with E-state index in [-0.39, 0.29) is 17.8 Å². The molecular formula is C24H27N5O2S2. The van der Waals surface area contributed by atoms with Gasteiger partial charge in [0.15, 0.2) is 17.1 Å². The first kappa shape index (κ1) is 23.3. The summed E-state index contributed by atoms with van der Waals surface area (Å²) in [6.45, 7) is 3.95. The Balaban J connectivity index is 1.38. The van der Waals surface area contributed by atoms with Crippen LogP contribution in [0.3, 0.4) is 0 Å². The molecule has 2 aromatic heterocycles. The van der Waals surface area contributed by atoms with Crippen molar-refractivity contribution >= 4 is 34.0 Å². The molecule has 9 heteroatoms. The average Bonchev–Trinajstić information content (AvgIpc) is 3.22. The summed E-state index contributed by atoms with van der Waals surface area (Å²) in [6.07, 6.45) is 5.06. The minimum absolute atomic E-state index is 0.151. The molecule has 1 amide bonds. The van der Waals surface area contributed by atoms with Crippen molar-refractivity contribution in [1.29, 1.82) is 5.26 Å². The lowest BCUT2D eigenvalue weighted by molar-refractivity contribution is -0.113. The molecule has 1 atom stereocenters. The normalized spacial score (nSPS) is 14.1. The molecule has 1 unspecified atom stereocenters. The highest BCUT2D eigenvalue weighted by molar-refractivity contribution is 7.99. The Labute approximate surface area is 202 Å². The van der Waals surface area contributed by atoms with Gasteiger partial charge < -0.3 is 14.6 Å². The van der Waals surface area contributed by atoms with Gasteiger partial charge in [0, 0.05) is 11.9 Å². The van der Waals surface area contributed by atoms with Gasteiger partial charge >= 0.3 is 0 Å². The van der Waals surface area contributed by atoms with E-state index >= 15 is 0 Å². The number of hydrogen-bond donors (Lipinski definition) is 1. The third-order valence-corrected chi connectivity index (χ3v) is 7.88. The van der Waals surface area contributed by atoms with Crippen LogP contribution in [0.4, 0.5) is 5.00 Å². The lowest BCUT2D eigenvalue weighted by atomic mass is 10.1. The quantitative estimate of drug-likeness (QED) is 0.368. The first-order chi connectivity index (χ1) is 16.0. The lowest BCUT2D eigenvalue weighted by Gasteiger charge is -2.14. The van der Waals surface area contributed by atoms with Crippen molar-refractivity contribution in [3.8, 4) is 11.8 Å². The first-order valence-corrected chi connectivity index (χ1v) is 12.9. The van der Waals surface area contributed by atoms with E-state index < -0.39 is 0 Å².